The summed E-state index contributed by atoms with van der Waals surface area (Å²) in [4.78, 5) is 22.4. The van der Waals surface area contributed by atoms with Crippen LogP contribution in [-0.2, 0) is 11.4 Å². The van der Waals surface area contributed by atoms with Crippen LogP contribution >= 0.6 is 0 Å². The molecule has 21 heavy (non-hydrogen) atoms. The molecule has 2 aromatic carbocycles. The lowest BCUT2D eigenvalue weighted by Crippen LogP contribution is -2.30. The molecule has 0 aromatic heterocycles. The second-order valence-corrected chi connectivity index (χ2v) is 4.34. The maximum absolute atomic E-state index is 12.0. The minimum absolute atomic E-state index is 0.237. The molecule has 0 bridgehead atoms. The van der Waals surface area contributed by atoms with Gasteiger partial charge in [0, 0.05) is 11.1 Å². The van der Waals surface area contributed by atoms with Crippen molar-refractivity contribution in [2.45, 2.75) is 6.61 Å². The highest BCUT2D eigenvalue weighted by Gasteiger charge is 2.12. The SMILES string of the molecule is O=C(O)CNC(=O)c1ccccc1COc1ccccc1. The van der Waals surface area contributed by atoms with Gasteiger partial charge < -0.3 is 15.2 Å². The first-order chi connectivity index (χ1) is 10.2. The largest absolute Gasteiger partial charge is 0.489 e. The van der Waals surface area contributed by atoms with E-state index in [4.69, 9.17) is 9.84 Å². The number of carbonyl (C=O) groups excluding carboxylic acids is 1. The van der Waals surface area contributed by atoms with E-state index in [-0.39, 0.29) is 6.61 Å². The second kappa shape index (κ2) is 7.09. The summed E-state index contributed by atoms with van der Waals surface area (Å²) < 4.78 is 5.61. The molecule has 0 radical (unpaired) electrons. The molecule has 0 aliphatic rings. The molecule has 0 aliphatic carbocycles. The van der Waals surface area contributed by atoms with Crippen LogP contribution < -0.4 is 10.1 Å². The Bertz CT molecular complexity index is 625. The summed E-state index contributed by atoms with van der Waals surface area (Å²) >= 11 is 0. The number of hydrogen-bond donors (Lipinski definition) is 2. The first-order valence-electron chi connectivity index (χ1n) is 6.42. The lowest BCUT2D eigenvalue weighted by atomic mass is 10.1. The number of hydrogen-bond acceptors (Lipinski definition) is 3. The van der Waals surface area contributed by atoms with Gasteiger partial charge in [-0.05, 0) is 18.2 Å². The maximum Gasteiger partial charge on any atom is 0.322 e. The number of ether oxygens (including phenoxy) is 1. The van der Waals surface area contributed by atoms with Gasteiger partial charge in [-0.15, -0.1) is 0 Å². The summed E-state index contributed by atoms with van der Waals surface area (Å²) in [5.41, 5.74) is 1.11. The molecule has 5 heteroatoms. The molecule has 108 valence electrons. The molecular weight excluding hydrogens is 270 g/mol. The number of nitrogens with one attached hydrogen (secondary N) is 1. The second-order valence-electron chi connectivity index (χ2n) is 4.34. The van der Waals surface area contributed by atoms with Gasteiger partial charge in [0.15, 0.2) is 0 Å². The Morgan fingerprint density at radius 2 is 1.67 bits per heavy atom. The molecule has 2 aromatic rings. The standard InChI is InChI=1S/C16H15NO4/c18-15(19)10-17-16(20)14-9-5-4-6-12(14)11-21-13-7-2-1-3-8-13/h1-9H,10-11H2,(H,17,20)(H,18,19). The number of carboxylic acid groups (broad SMARTS) is 1. The third-order valence-corrected chi connectivity index (χ3v) is 2.80. The average Bonchev–Trinajstić information content (AvgIpc) is 2.52. The zero-order valence-electron chi connectivity index (χ0n) is 11.3. The van der Waals surface area contributed by atoms with Crippen LogP contribution in [0.3, 0.4) is 0 Å². The number of carbonyl (C=O) groups is 2. The van der Waals surface area contributed by atoms with E-state index in [1.54, 1.807) is 24.3 Å². The fourth-order valence-corrected chi connectivity index (χ4v) is 1.80. The number of carboxylic acids is 1. The van der Waals surface area contributed by atoms with Gasteiger partial charge in [-0.2, -0.15) is 0 Å². The summed E-state index contributed by atoms with van der Waals surface area (Å²) in [6.07, 6.45) is 0. The van der Waals surface area contributed by atoms with Crippen molar-refractivity contribution in [3.05, 3.63) is 65.7 Å². The molecule has 0 spiro atoms. The molecule has 0 aliphatic heterocycles. The van der Waals surface area contributed by atoms with Gasteiger partial charge in [-0.25, -0.2) is 0 Å². The van der Waals surface area contributed by atoms with Crippen LogP contribution in [0.4, 0.5) is 0 Å². The van der Waals surface area contributed by atoms with Crippen LogP contribution in [-0.4, -0.2) is 23.5 Å². The van der Waals surface area contributed by atoms with Crippen molar-refractivity contribution in [1.29, 1.82) is 0 Å². The first-order valence-corrected chi connectivity index (χ1v) is 6.42. The highest BCUT2D eigenvalue weighted by Crippen LogP contribution is 2.14. The van der Waals surface area contributed by atoms with Crippen LogP contribution in [0.2, 0.25) is 0 Å². The molecule has 1 amide bonds. The van der Waals surface area contributed by atoms with Gasteiger partial charge in [0.1, 0.15) is 18.9 Å². The maximum atomic E-state index is 12.0. The molecule has 0 fully saturated rings. The lowest BCUT2D eigenvalue weighted by Gasteiger charge is -2.10. The van der Waals surface area contributed by atoms with Crippen molar-refractivity contribution in [1.82, 2.24) is 5.32 Å². The third kappa shape index (κ3) is 4.35. The van der Waals surface area contributed by atoms with Crippen molar-refractivity contribution < 1.29 is 19.4 Å². The Kier molecular flexibility index (Phi) is 4.93. The Morgan fingerprint density at radius 3 is 2.38 bits per heavy atom. The van der Waals surface area contributed by atoms with Crippen LogP contribution in [0.15, 0.2) is 54.6 Å². The van der Waals surface area contributed by atoms with E-state index < -0.39 is 18.4 Å². The van der Waals surface area contributed by atoms with Gasteiger partial charge in [0.25, 0.3) is 5.91 Å². The Morgan fingerprint density at radius 1 is 1.00 bits per heavy atom. The van der Waals surface area contributed by atoms with Crippen molar-refractivity contribution in [2.75, 3.05) is 6.54 Å². The van der Waals surface area contributed by atoms with Gasteiger partial charge in [-0.1, -0.05) is 36.4 Å². The Labute approximate surface area is 122 Å². The van der Waals surface area contributed by atoms with E-state index in [1.165, 1.54) is 0 Å². The van der Waals surface area contributed by atoms with E-state index in [0.717, 1.165) is 0 Å². The van der Waals surface area contributed by atoms with Gasteiger partial charge >= 0.3 is 5.97 Å². The fourth-order valence-electron chi connectivity index (χ4n) is 1.80. The lowest BCUT2D eigenvalue weighted by molar-refractivity contribution is -0.135. The monoisotopic (exact) mass is 285 g/mol. The normalized spacial score (nSPS) is 9.90. The average molecular weight is 285 g/mol. The number of benzene rings is 2. The third-order valence-electron chi connectivity index (χ3n) is 2.80. The fraction of sp³-hybridized carbons (Fsp3) is 0.125. The molecule has 0 saturated heterocycles. The summed E-state index contributed by atoms with van der Waals surface area (Å²) in [6.45, 7) is -0.173. The molecule has 0 atom stereocenters. The van der Waals surface area contributed by atoms with Gasteiger partial charge in [-0.3, -0.25) is 9.59 Å². The summed E-state index contributed by atoms with van der Waals surface area (Å²) in [6, 6.07) is 16.2. The zero-order valence-corrected chi connectivity index (χ0v) is 11.3. The summed E-state index contributed by atoms with van der Waals surface area (Å²) in [5.74, 6) is -0.802. The van der Waals surface area contributed by atoms with E-state index in [9.17, 15) is 9.59 Å². The smallest absolute Gasteiger partial charge is 0.322 e. The molecule has 5 nitrogen and oxygen atoms in total. The molecule has 0 heterocycles. The highest BCUT2D eigenvalue weighted by atomic mass is 16.5. The summed E-state index contributed by atoms with van der Waals surface area (Å²) in [7, 11) is 0. The quantitative estimate of drug-likeness (QED) is 0.852. The molecular formula is C16H15NO4. The topological polar surface area (TPSA) is 75.6 Å². The van der Waals surface area contributed by atoms with Gasteiger partial charge in [0.05, 0.1) is 0 Å². The van der Waals surface area contributed by atoms with Crippen LogP contribution in [0.25, 0.3) is 0 Å². The predicted molar refractivity (Wildman–Crippen MR) is 77.2 cm³/mol. The predicted octanol–water partition coefficient (Wildman–Crippen LogP) is 2.08. The van der Waals surface area contributed by atoms with Crippen LogP contribution in [0.1, 0.15) is 15.9 Å². The van der Waals surface area contributed by atoms with E-state index >= 15 is 0 Å². The number of para-hydroxylation sites is 1. The Balaban J connectivity index is 2.06. The Hall–Kier alpha value is -2.82. The molecule has 2 N–H and O–H groups in total. The summed E-state index contributed by atoms with van der Waals surface area (Å²) in [5, 5.41) is 10.9. The molecule has 0 unspecified atom stereocenters. The van der Waals surface area contributed by atoms with E-state index in [1.807, 2.05) is 30.3 Å². The number of aliphatic carboxylic acids is 1. The minimum Gasteiger partial charge on any atom is -0.489 e. The van der Waals surface area contributed by atoms with E-state index in [2.05, 4.69) is 5.32 Å². The zero-order chi connectivity index (χ0) is 15.1. The highest BCUT2D eigenvalue weighted by molar-refractivity contribution is 5.97. The number of rotatable bonds is 6. The number of amides is 1. The van der Waals surface area contributed by atoms with Gasteiger partial charge in [0.2, 0.25) is 0 Å². The van der Waals surface area contributed by atoms with Crippen LogP contribution in [0, 0.1) is 0 Å². The minimum atomic E-state index is -1.08. The van der Waals surface area contributed by atoms with Crippen molar-refractivity contribution in [3.63, 3.8) is 0 Å². The van der Waals surface area contributed by atoms with Crippen molar-refractivity contribution in [2.24, 2.45) is 0 Å². The van der Waals surface area contributed by atoms with E-state index in [0.29, 0.717) is 16.9 Å². The first kappa shape index (κ1) is 14.6. The van der Waals surface area contributed by atoms with Crippen LogP contribution in [0.5, 0.6) is 5.75 Å². The van der Waals surface area contributed by atoms with Crippen molar-refractivity contribution >= 4 is 11.9 Å². The molecule has 2 rings (SSSR count). The molecule has 0 saturated carbocycles. The van der Waals surface area contributed by atoms with Crippen molar-refractivity contribution in [3.8, 4) is 5.75 Å².